The number of anilines is 1. The number of hydrogen-bond acceptors (Lipinski definition) is 1. The van der Waals surface area contributed by atoms with Gasteiger partial charge in [-0.3, -0.25) is 0 Å². The Labute approximate surface area is 123 Å². The lowest BCUT2D eigenvalue weighted by atomic mass is 9.70. The van der Waals surface area contributed by atoms with Crippen LogP contribution >= 0.6 is 22.6 Å². The van der Waals surface area contributed by atoms with Gasteiger partial charge >= 0.3 is 0 Å². The first-order chi connectivity index (χ1) is 8.35. The summed E-state index contributed by atoms with van der Waals surface area (Å²) in [7, 11) is 0. The van der Waals surface area contributed by atoms with E-state index in [9.17, 15) is 4.39 Å². The third kappa shape index (κ3) is 3.59. The van der Waals surface area contributed by atoms with Crippen molar-refractivity contribution in [1.29, 1.82) is 0 Å². The smallest absolute Gasteiger partial charge is 0.124 e. The van der Waals surface area contributed by atoms with Crippen LogP contribution < -0.4 is 5.32 Å². The first-order valence-corrected chi connectivity index (χ1v) is 7.65. The van der Waals surface area contributed by atoms with Crippen molar-refractivity contribution >= 4 is 28.3 Å². The van der Waals surface area contributed by atoms with Gasteiger partial charge < -0.3 is 5.32 Å². The average Bonchev–Trinajstić information content (AvgIpc) is 2.19. The molecule has 0 aromatic heterocycles. The van der Waals surface area contributed by atoms with Gasteiger partial charge in [0.05, 0.1) is 0 Å². The molecule has 2 atom stereocenters. The topological polar surface area (TPSA) is 12.0 Å². The molecule has 0 bridgehead atoms. The van der Waals surface area contributed by atoms with Crippen molar-refractivity contribution in [3.63, 3.8) is 0 Å². The van der Waals surface area contributed by atoms with Crippen LogP contribution in [-0.4, -0.2) is 6.04 Å². The molecule has 1 nitrogen and oxygen atoms in total. The molecule has 1 saturated carbocycles. The van der Waals surface area contributed by atoms with Crippen molar-refractivity contribution in [3.8, 4) is 0 Å². The quantitative estimate of drug-likeness (QED) is 0.727. The second-order valence-corrected chi connectivity index (χ2v) is 7.54. The summed E-state index contributed by atoms with van der Waals surface area (Å²) in [5.41, 5.74) is 1.47. The van der Waals surface area contributed by atoms with Gasteiger partial charge in [0.1, 0.15) is 5.82 Å². The lowest BCUT2D eigenvalue weighted by Crippen LogP contribution is -2.35. The van der Waals surface area contributed by atoms with Crippen molar-refractivity contribution in [3.05, 3.63) is 27.6 Å². The van der Waals surface area contributed by atoms with Gasteiger partial charge in [-0.1, -0.05) is 20.8 Å². The molecular formula is C15H21FIN. The van der Waals surface area contributed by atoms with E-state index in [1.54, 1.807) is 6.07 Å². The second kappa shape index (κ2) is 5.35. The minimum absolute atomic E-state index is 0.165. The molecule has 0 amide bonds. The predicted octanol–water partition coefficient (Wildman–Crippen LogP) is 5.06. The Bertz CT molecular complexity index is 431. The van der Waals surface area contributed by atoms with Gasteiger partial charge in [0, 0.05) is 15.3 Å². The second-order valence-electron chi connectivity index (χ2n) is 6.38. The maximum absolute atomic E-state index is 13.1. The van der Waals surface area contributed by atoms with E-state index < -0.39 is 0 Å². The summed E-state index contributed by atoms with van der Waals surface area (Å²) >= 11 is 2.19. The molecule has 1 aliphatic carbocycles. The Kier molecular flexibility index (Phi) is 4.19. The van der Waals surface area contributed by atoms with Crippen molar-refractivity contribution in [2.24, 2.45) is 11.3 Å². The molecule has 0 saturated heterocycles. The van der Waals surface area contributed by atoms with Crippen LogP contribution in [0.5, 0.6) is 0 Å². The van der Waals surface area contributed by atoms with Crippen LogP contribution in [0, 0.1) is 20.7 Å². The first kappa shape index (κ1) is 14.1. The van der Waals surface area contributed by atoms with Gasteiger partial charge in [0.25, 0.3) is 0 Å². The summed E-state index contributed by atoms with van der Waals surface area (Å²) in [5.74, 6) is 0.589. The predicted molar refractivity (Wildman–Crippen MR) is 83.3 cm³/mol. The molecule has 1 aromatic rings. The summed E-state index contributed by atoms with van der Waals surface area (Å²) in [6.07, 6.45) is 3.69. The van der Waals surface area contributed by atoms with Crippen LogP contribution in [0.1, 0.15) is 40.0 Å². The molecule has 2 rings (SSSR count). The third-order valence-electron chi connectivity index (χ3n) is 3.68. The highest BCUT2D eigenvalue weighted by Gasteiger charge is 2.32. The molecule has 3 heteroatoms. The molecule has 0 spiro atoms. The zero-order valence-electron chi connectivity index (χ0n) is 11.3. The monoisotopic (exact) mass is 361 g/mol. The van der Waals surface area contributed by atoms with Crippen molar-refractivity contribution in [2.75, 3.05) is 5.32 Å². The SMILES string of the molecule is CC1CC(Nc2ccc(F)cc2I)CC(C)(C)C1. The fraction of sp³-hybridized carbons (Fsp3) is 0.600. The third-order valence-corrected chi connectivity index (χ3v) is 4.57. The molecule has 0 aliphatic heterocycles. The molecule has 18 heavy (non-hydrogen) atoms. The van der Waals surface area contributed by atoms with Crippen LogP contribution in [-0.2, 0) is 0 Å². The minimum Gasteiger partial charge on any atom is -0.381 e. The highest BCUT2D eigenvalue weighted by Crippen LogP contribution is 2.39. The highest BCUT2D eigenvalue weighted by molar-refractivity contribution is 14.1. The summed E-state index contributed by atoms with van der Waals surface area (Å²) in [6.45, 7) is 7.01. The minimum atomic E-state index is -0.165. The maximum Gasteiger partial charge on any atom is 0.124 e. The summed E-state index contributed by atoms with van der Waals surface area (Å²) in [6, 6.07) is 5.47. The maximum atomic E-state index is 13.1. The highest BCUT2D eigenvalue weighted by atomic mass is 127. The fourth-order valence-corrected chi connectivity index (χ4v) is 3.92. The number of nitrogens with one attached hydrogen (secondary N) is 1. The molecule has 1 aliphatic rings. The van der Waals surface area contributed by atoms with E-state index in [-0.39, 0.29) is 5.82 Å². The van der Waals surface area contributed by atoms with E-state index in [1.807, 2.05) is 6.07 Å². The molecule has 1 N–H and O–H groups in total. The molecule has 0 heterocycles. The van der Waals surface area contributed by atoms with Gasteiger partial charge in [-0.2, -0.15) is 0 Å². The number of rotatable bonds is 2. The van der Waals surface area contributed by atoms with E-state index in [2.05, 4.69) is 48.7 Å². The average molecular weight is 361 g/mol. The van der Waals surface area contributed by atoms with Gasteiger partial charge in [-0.05, 0) is 71.4 Å². The summed E-state index contributed by atoms with van der Waals surface area (Å²) in [5, 5.41) is 3.59. The van der Waals surface area contributed by atoms with Gasteiger partial charge in [0.2, 0.25) is 0 Å². The Morgan fingerprint density at radius 1 is 1.33 bits per heavy atom. The van der Waals surface area contributed by atoms with E-state index >= 15 is 0 Å². The lowest BCUT2D eigenvalue weighted by Gasteiger charge is -2.39. The molecule has 0 radical (unpaired) electrons. The Morgan fingerprint density at radius 3 is 2.67 bits per heavy atom. The normalized spacial score (nSPS) is 26.9. The first-order valence-electron chi connectivity index (χ1n) is 6.57. The summed E-state index contributed by atoms with van der Waals surface area (Å²) in [4.78, 5) is 0. The zero-order chi connectivity index (χ0) is 13.3. The molecular weight excluding hydrogens is 340 g/mol. The molecule has 2 unspecified atom stereocenters. The Hall–Kier alpha value is -0.320. The zero-order valence-corrected chi connectivity index (χ0v) is 13.4. The van der Waals surface area contributed by atoms with Crippen molar-refractivity contribution in [1.82, 2.24) is 0 Å². The van der Waals surface area contributed by atoms with Gasteiger partial charge in [-0.25, -0.2) is 4.39 Å². The number of hydrogen-bond donors (Lipinski definition) is 1. The number of halogens is 2. The Balaban J connectivity index is 2.09. The van der Waals surface area contributed by atoms with Crippen LogP contribution in [0.3, 0.4) is 0 Å². The van der Waals surface area contributed by atoms with E-state index in [0.29, 0.717) is 11.5 Å². The van der Waals surface area contributed by atoms with Gasteiger partial charge in [0.15, 0.2) is 0 Å². The molecule has 1 fully saturated rings. The van der Waals surface area contributed by atoms with Crippen LogP contribution in [0.4, 0.5) is 10.1 Å². The van der Waals surface area contributed by atoms with Gasteiger partial charge in [-0.15, -0.1) is 0 Å². The molecule has 1 aromatic carbocycles. The lowest BCUT2D eigenvalue weighted by molar-refractivity contribution is 0.178. The van der Waals surface area contributed by atoms with Crippen LogP contribution in [0.2, 0.25) is 0 Å². The van der Waals surface area contributed by atoms with E-state index in [4.69, 9.17) is 0 Å². The number of benzene rings is 1. The standard InChI is InChI=1S/C15H21FIN/c1-10-6-12(9-15(2,3)8-10)18-14-5-4-11(16)7-13(14)17/h4-5,7,10,12,18H,6,8-9H2,1-3H3. The Morgan fingerprint density at radius 2 is 2.06 bits per heavy atom. The van der Waals surface area contributed by atoms with E-state index in [1.165, 1.54) is 25.3 Å². The fourth-order valence-electron chi connectivity index (χ4n) is 3.28. The van der Waals surface area contributed by atoms with Crippen molar-refractivity contribution in [2.45, 2.75) is 46.1 Å². The summed E-state index contributed by atoms with van der Waals surface area (Å²) < 4.78 is 14.0. The van der Waals surface area contributed by atoms with Crippen molar-refractivity contribution < 1.29 is 4.39 Å². The largest absolute Gasteiger partial charge is 0.381 e. The van der Waals surface area contributed by atoms with Crippen LogP contribution in [0.25, 0.3) is 0 Å². The molecule has 100 valence electrons. The van der Waals surface area contributed by atoms with E-state index in [0.717, 1.165) is 15.2 Å². The van der Waals surface area contributed by atoms with Crippen LogP contribution in [0.15, 0.2) is 18.2 Å².